The second-order valence-corrected chi connectivity index (χ2v) is 14.2. The quantitative estimate of drug-likeness (QED) is 0.143. The van der Waals surface area contributed by atoms with E-state index >= 15 is 0 Å². The van der Waals surface area contributed by atoms with Gasteiger partial charge in [-0.25, -0.2) is 0 Å². The molecule has 0 aliphatic carbocycles. The third-order valence-corrected chi connectivity index (χ3v) is 9.42. The van der Waals surface area contributed by atoms with Gasteiger partial charge in [0.25, 0.3) is 0 Å². The van der Waals surface area contributed by atoms with Crippen molar-refractivity contribution in [2.75, 3.05) is 13.2 Å². The smallest absolute Gasteiger partial charge is 0.309 e. The van der Waals surface area contributed by atoms with Crippen molar-refractivity contribution in [1.82, 2.24) is 10.6 Å². The zero-order valence-electron chi connectivity index (χ0n) is 27.3. The fourth-order valence-corrected chi connectivity index (χ4v) is 6.33. The lowest BCUT2D eigenvalue weighted by Gasteiger charge is -2.39. The minimum atomic E-state index is 0.0122. The Morgan fingerprint density at radius 2 is 0.750 bits per heavy atom. The van der Waals surface area contributed by atoms with Gasteiger partial charge in [-0.3, -0.25) is 9.59 Å². The minimum absolute atomic E-state index is 0.0122. The SMILES string of the molecule is CC(C)C1CC(C(=O)OCCCCCCCCCCOC(=O)C2CC(C(C)C)NC(C(C)C)C2)CC(C(C)C)N1. The van der Waals surface area contributed by atoms with Crippen molar-refractivity contribution in [2.24, 2.45) is 35.5 Å². The summed E-state index contributed by atoms with van der Waals surface area (Å²) >= 11 is 0. The molecule has 0 amide bonds. The summed E-state index contributed by atoms with van der Waals surface area (Å²) in [6.45, 7) is 19.0. The molecule has 2 heterocycles. The first-order chi connectivity index (χ1) is 19.0. The molecule has 0 aromatic carbocycles. The van der Waals surface area contributed by atoms with E-state index in [-0.39, 0.29) is 23.8 Å². The van der Waals surface area contributed by atoms with E-state index in [0.717, 1.165) is 51.4 Å². The van der Waals surface area contributed by atoms with Gasteiger partial charge in [0.2, 0.25) is 0 Å². The summed E-state index contributed by atoms with van der Waals surface area (Å²) in [6, 6.07) is 1.59. The largest absolute Gasteiger partial charge is 0.465 e. The van der Waals surface area contributed by atoms with Gasteiger partial charge < -0.3 is 20.1 Å². The fraction of sp³-hybridized carbons (Fsp3) is 0.941. The average molecular weight is 565 g/mol. The molecule has 2 rings (SSSR count). The maximum absolute atomic E-state index is 12.7. The molecule has 2 N–H and O–H groups in total. The zero-order chi connectivity index (χ0) is 29.7. The van der Waals surface area contributed by atoms with Crippen molar-refractivity contribution in [2.45, 2.75) is 157 Å². The van der Waals surface area contributed by atoms with Gasteiger partial charge in [-0.05, 0) is 62.2 Å². The van der Waals surface area contributed by atoms with Gasteiger partial charge in [-0.1, -0.05) is 93.9 Å². The van der Waals surface area contributed by atoms with Gasteiger partial charge >= 0.3 is 11.9 Å². The number of piperidine rings is 2. The Morgan fingerprint density at radius 1 is 0.500 bits per heavy atom. The summed E-state index contributed by atoms with van der Waals surface area (Å²) in [4.78, 5) is 25.5. The van der Waals surface area contributed by atoms with E-state index in [1.165, 1.54) is 25.7 Å². The lowest BCUT2D eigenvalue weighted by atomic mass is 9.80. The molecule has 0 aromatic rings. The molecular formula is C34H64N2O4. The summed E-state index contributed by atoms with van der Waals surface area (Å²) in [5.74, 6) is 2.21. The third kappa shape index (κ3) is 12.4. The van der Waals surface area contributed by atoms with Crippen LogP contribution in [0.25, 0.3) is 0 Å². The number of unbranched alkanes of at least 4 members (excludes halogenated alkanes) is 7. The topological polar surface area (TPSA) is 76.7 Å². The Kier molecular flexibility index (Phi) is 16.1. The Balaban J connectivity index is 1.48. The van der Waals surface area contributed by atoms with E-state index in [1.54, 1.807) is 0 Å². The molecule has 0 bridgehead atoms. The number of hydrogen-bond donors (Lipinski definition) is 2. The highest BCUT2D eigenvalue weighted by atomic mass is 16.5. The van der Waals surface area contributed by atoms with Crippen LogP contribution in [-0.4, -0.2) is 49.3 Å². The highest BCUT2D eigenvalue weighted by Gasteiger charge is 2.36. The first kappa shape index (κ1) is 35.1. The molecule has 0 radical (unpaired) electrons. The van der Waals surface area contributed by atoms with E-state index < -0.39 is 0 Å². The zero-order valence-corrected chi connectivity index (χ0v) is 27.3. The third-order valence-electron chi connectivity index (χ3n) is 9.42. The molecule has 2 saturated heterocycles. The van der Waals surface area contributed by atoms with Crippen LogP contribution in [0.5, 0.6) is 0 Å². The molecular weight excluding hydrogens is 500 g/mol. The average Bonchev–Trinajstić information content (AvgIpc) is 2.92. The summed E-state index contributed by atoms with van der Waals surface area (Å²) in [5, 5.41) is 7.49. The van der Waals surface area contributed by atoms with Crippen LogP contribution in [0, 0.1) is 35.5 Å². The number of nitrogens with one attached hydrogen (secondary N) is 2. The Hall–Kier alpha value is -1.14. The Morgan fingerprint density at radius 3 is 1.00 bits per heavy atom. The van der Waals surface area contributed by atoms with E-state index in [2.05, 4.69) is 66.0 Å². The molecule has 234 valence electrons. The lowest BCUT2D eigenvalue weighted by Crippen LogP contribution is -2.51. The van der Waals surface area contributed by atoms with Crippen molar-refractivity contribution in [3.8, 4) is 0 Å². The van der Waals surface area contributed by atoms with Crippen LogP contribution < -0.4 is 10.6 Å². The highest BCUT2D eigenvalue weighted by Crippen LogP contribution is 2.29. The molecule has 6 heteroatoms. The van der Waals surface area contributed by atoms with E-state index in [0.29, 0.717) is 61.1 Å². The Labute approximate surface area is 246 Å². The number of ether oxygens (including phenoxy) is 2. The molecule has 2 aliphatic heterocycles. The molecule has 6 nitrogen and oxygen atoms in total. The predicted octanol–water partition coefficient (Wildman–Crippen LogP) is 7.29. The monoisotopic (exact) mass is 564 g/mol. The Bertz CT molecular complexity index is 631. The minimum Gasteiger partial charge on any atom is -0.465 e. The normalized spacial score (nSPS) is 27.5. The lowest BCUT2D eigenvalue weighted by molar-refractivity contribution is -0.151. The van der Waals surface area contributed by atoms with Crippen molar-refractivity contribution >= 4 is 11.9 Å². The number of hydrogen-bond acceptors (Lipinski definition) is 6. The first-order valence-corrected chi connectivity index (χ1v) is 16.8. The summed E-state index contributed by atoms with van der Waals surface area (Å²) in [6.07, 6.45) is 12.6. The first-order valence-electron chi connectivity index (χ1n) is 16.8. The van der Waals surface area contributed by atoms with Crippen LogP contribution in [0.1, 0.15) is 132 Å². The van der Waals surface area contributed by atoms with Gasteiger partial charge in [0.15, 0.2) is 0 Å². The molecule has 4 atom stereocenters. The van der Waals surface area contributed by atoms with Crippen LogP contribution in [0.4, 0.5) is 0 Å². The second kappa shape index (κ2) is 18.4. The summed E-state index contributed by atoms with van der Waals surface area (Å²) in [7, 11) is 0. The van der Waals surface area contributed by atoms with Crippen LogP contribution >= 0.6 is 0 Å². The predicted molar refractivity (Wildman–Crippen MR) is 165 cm³/mol. The van der Waals surface area contributed by atoms with Crippen LogP contribution in [0.2, 0.25) is 0 Å². The second-order valence-electron chi connectivity index (χ2n) is 14.2. The molecule has 0 aromatic heterocycles. The maximum atomic E-state index is 12.7. The van der Waals surface area contributed by atoms with Gasteiger partial charge in [0.1, 0.15) is 0 Å². The van der Waals surface area contributed by atoms with Crippen molar-refractivity contribution in [3.63, 3.8) is 0 Å². The molecule has 0 saturated carbocycles. The van der Waals surface area contributed by atoms with E-state index in [9.17, 15) is 9.59 Å². The molecule has 2 fully saturated rings. The standard InChI is InChI=1S/C34H64N2O4/c1-23(2)29-19-27(20-30(35-29)24(3)4)33(37)39-17-15-13-11-9-10-12-14-16-18-40-34(38)28-21-31(25(5)6)36-32(22-28)26(7)8/h23-32,35-36H,9-22H2,1-8H3. The van der Waals surface area contributed by atoms with Gasteiger partial charge in [0.05, 0.1) is 25.0 Å². The number of carbonyl (C=O) groups excluding carboxylic acids is 2. The van der Waals surface area contributed by atoms with Crippen molar-refractivity contribution in [3.05, 3.63) is 0 Å². The van der Waals surface area contributed by atoms with E-state index in [1.807, 2.05) is 0 Å². The number of esters is 2. The van der Waals surface area contributed by atoms with E-state index in [4.69, 9.17) is 9.47 Å². The highest BCUT2D eigenvalue weighted by molar-refractivity contribution is 5.73. The fourth-order valence-electron chi connectivity index (χ4n) is 6.33. The number of carbonyl (C=O) groups is 2. The van der Waals surface area contributed by atoms with Crippen molar-refractivity contribution < 1.29 is 19.1 Å². The van der Waals surface area contributed by atoms with Gasteiger partial charge in [-0.2, -0.15) is 0 Å². The summed E-state index contributed by atoms with van der Waals surface area (Å²) in [5.41, 5.74) is 0. The van der Waals surface area contributed by atoms with Crippen LogP contribution in [-0.2, 0) is 19.1 Å². The maximum Gasteiger partial charge on any atom is 0.309 e. The van der Waals surface area contributed by atoms with Crippen LogP contribution in [0.15, 0.2) is 0 Å². The van der Waals surface area contributed by atoms with Gasteiger partial charge in [-0.15, -0.1) is 0 Å². The van der Waals surface area contributed by atoms with Crippen molar-refractivity contribution in [1.29, 1.82) is 0 Å². The molecule has 2 aliphatic rings. The van der Waals surface area contributed by atoms with Crippen LogP contribution in [0.3, 0.4) is 0 Å². The molecule has 40 heavy (non-hydrogen) atoms. The molecule has 0 spiro atoms. The summed E-state index contributed by atoms with van der Waals surface area (Å²) < 4.78 is 11.4. The van der Waals surface area contributed by atoms with Gasteiger partial charge in [0, 0.05) is 24.2 Å². The number of rotatable bonds is 17. The molecule has 4 unspecified atom stereocenters.